The highest BCUT2D eigenvalue weighted by Crippen LogP contribution is 2.37. The molecule has 8 heteroatoms. The lowest BCUT2D eigenvalue weighted by Crippen LogP contribution is -2.63. The van der Waals surface area contributed by atoms with Crippen molar-refractivity contribution in [3.63, 3.8) is 0 Å². The van der Waals surface area contributed by atoms with E-state index in [0.29, 0.717) is 23.1 Å². The number of piperazine rings is 1. The Morgan fingerprint density at radius 2 is 2.04 bits per heavy atom. The van der Waals surface area contributed by atoms with Gasteiger partial charge in [-0.15, -0.1) is 0 Å². The highest BCUT2D eigenvalue weighted by molar-refractivity contribution is 6.33. The molecule has 1 saturated heterocycles. The van der Waals surface area contributed by atoms with Crippen LogP contribution in [0.4, 0.5) is 5.82 Å². The number of hydrogen-bond donors (Lipinski definition) is 1. The molecule has 2 aliphatic carbocycles. The number of hydrogen-bond acceptors (Lipinski definition) is 5. The van der Waals surface area contributed by atoms with Gasteiger partial charge in [0.2, 0.25) is 0 Å². The number of anilines is 1. The third-order valence-corrected chi connectivity index (χ3v) is 6.18. The molecule has 3 aliphatic rings. The maximum absolute atomic E-state index is 6.60. The fourth-order valence-corrected chi connectivity index (χ4v) is 4.45. The molecule has 7 nitrogen and oxygen atoms in total. The lowest BCUT2D eigenvalue weighted by Gasteiger charge is -2.49. The first-order valence-corrected chi connectivity index (χ1v) is 9.74. The fraction of sp³-hybridized carbons (Fsp3) is 0.500. The topological polar surface area (TPSA) is 63.8 Å². The number of nitrogens with one attached hydrogen (secondary N) is 1. The van der Waals surface area contributed by atoms with Gasteiger partial charge < -0.3 is 10.2 Å². The van der Waals surface area contributed by atoms with Crippen LogP contribution in [0.2, 0.25) is 5.02 Å². The van der Waals surface area contributed by atoms with E-state index in [1.165, 1.54) is 25.7 Å². The Kier molecular flexibility index (Phi) is 3.13. The van der Waals surface area contributed by atoms with Crippen molar-refractivity contribution in [3.05, 3.63) is 29.7 Å². The van der Waals surface area contributed by atoms with E-state index in [9.17, 15) is 0 Å². The van der Waals surface area contributed by atoms with Crippen LogP contribution in [0.3, 0.4) is 0 Å². The molecule has 2 saturated carbocycles. The van der Waals surface area contributed by atoms with Gasteiger partial charge in [0.15, 0.2) is 5.65 Å². The molecule has 0 amide bonds. The van der Waals surface area contributed by atoms with E-state index < -0.39 is 0 Å². The standard InChI is InChI=1S/C18H20ClN7/c19-14-7-11-8-22-26(13-9-21-25(10-13)12-1-2-12)17(11)23-18(14)24-6-5-20-15-3-4-16(15)24/h7-10,12,15-16,20H,1-6H2/t15-,16+/m1/s1. The van der Waals surface area contributed by atoms with Gasteiger partial charge in [-0.05, 0) is 31.7 Å². The van der Waals surface area contributed by atoms with Gasteiger partial charge in [0.05, 0.1) is 29.7 Å². The average Bonchev–Trinajstić information content (AvgIpc) is 3.20. The lowest BCUT2D eigenvalue weighted by molar-refractivity contribution is 0.239. The van der Waals surface area contributed by atoms with E-state index in [1.807, 2.05) is 27.8 Å². The Bertz CT molecular complexity index is 989. The quantitative estimate of drug-likeness (QED) is 0.768. The summed E-state index contributed by atoms with van der Waals surface area (Å²) in [6.45, 7) is 1.91. The smallest absolute Gasteiger partial charge is 0.165 e. The van der Waals surface area contributed by atoms with Crippen molar-refractivity contribution >= 4 is 28.5 Å². The Hall–Kier alpha value is -2.12. The fourth-order valence-electron chi connectivity index (χ4n) is 4.18. The summed E-state index contributed by atoms with van der Waals surface area (Å²) in [6, 6.07) is 3.61. The number of aromatic nitrogens is 5. The summed E-state index contributed by atoms with van der Waals surface area (Å²) in [5.74, 6) is 0.881. The average molecular weight is 370 g/mol. The monoisotopic (exact) mass is 369 g/mol. The van der Waals surface area contributed by atoms with Crippen molar-refractivity contribution in [2.45, 2.75) is 43.8 Å². The van der Waals surface area contributed by atoms with E-state index in [2.05, 4.69) is 26.6 Å². The van der Waals surface area contributed by atoms with Gasteiger partial charge in [-0.2, -0.15) is 10.2 Å². The molecule has 0 aromatic carbocycles. The van der Waals surface area contributed by atoms with Crippen LogP contribution in [0.1, 0.15) is 31.7 Å². The number of nitrogens with zero attached hydrogens (tertiary/aromatic N) is 6. The van der Waals surface area contributed by atoms with Gasteiger partial charge in [-0.25, -0.2) is 9.67 Å². The van der Waals surface area contributed by atoms with E-state index in [-0.39, 0.29) is 0 Å². The third-order valence-electron chi connectivity index (χ3n) is 5.90. The van der Waals surface area contributed by atoms with Gasteiger partial charge >= 0.3 is 0 Å². The van der Waals surface area contributed by atoms with Crippen molar-refractivity contribution in [3.8, 4) is 5.69 Å². The lowest BCUT2D eigenvalue weighted by atomic mass is 9.83. The molecule has 4 heterocycles. The Morgan fingerprint density at radius 3 is 2.85 bits per heavy atom. The highest BCUT2D eigenvalue weighted by atomic mass is 35.5. The van der Waals surface area contributed by atoms with Crippen LogP contribution in [0.5, 0.6) is 0 Å². The molecule has 0 unspecified atom stereocenters. The Labute approximate surface area is 155 Å². The maximum Gasteiger partial charge on any atom is 0.165 e. The minimum absolute atomic E-state index is 0.500. The summed E-state index contributed by atoms with van der Waals surface area (Å²) in [5, 5.41) is 14.3. The predicted molar refractivity (Wildman–Crippen MR) is 100 cm³/mol. The Morgan fingerprint density at radius 1 is 1.12 bits per heavy atom. The summed E-state index contributed by atoms with van der Waals surface area (Å²) in [5.41, 5.74) is 1.80. The van der Waals surface area contributed by atoms with Gasteiger partial charge in [0.1, 0.15) is 11.5 Å². The first-order chi connectivity index (χ1) is 12.8. The molecule has 1 N–H and O–H groups in total. The Balaban J connectivity index is 1.43. The summed E-state index contributed by atoms with van der Waals surface area (Å²) >= 11 is 6.60. The molecular formula is C18H20ClN7. The van der Waals surface area contributed by atoms with Crippen LogP contribution in [0.15, 0.2) is 24.7 Å². The van der Waals surface area contributed by atoms with Crippen LogP contribution in [-0.2, 0) is 0 Å². The minimum atomic E-state index is 0.500. The van der Waals surface area contributed by atoms with E-state index >= 15 is 0 Å². The first-order valence-electron chi connectivity index (χ1n) is 9.37. The second-order valence-electron chi connectivity index (χ2n) is 7.57. The number of pyridine rings is 1. The molecule has 2 atom stereocenters. The number of fused-ring (bicyclic) bond motifs is 2. The van der Waals surface area contributed by atoms with Crippen molar-refractivity contribution in [1.82, 2.24) is 29.9 Å². The SMILES string of the molecule is Clc1cc2cnn(-c3cnn(C4CC4)c3)c2nc1N1CCN[C@@H]2CC[C@@H]21. The van der Waals surface area contributed by atoms with Crippen molar-refractivity contribution < 1.29 is 0 Å². The second-order valence-corrected chi connectivity index (χ2v) is 7.98. The minimum Gasteiger partial charge on any atom is -0.349 e. The highest BCUT2D eigenvalue weighted by Gasteiger charge is 2.39. The van der Waals surface area contributed by atoms with Crippen LogP contribution in [0, 0.1) is 0 Å². The zero-order valence-electron chi connectivity index (χ0n) is 14.3. The summed E-state index contributed by atoms with van der Waals surface area (Å²) in [6.07, 6.45) is 10.6. The maximum atomic E-state index is 6.60. The molecular weight excluding hydrogens is 350 g/mol. The number of rotatable bonds is 3. The summed E-state index contributed by atoms with van der Waals surface area (Å²) < 4.78 is 3.91. The molecule has 3 fully saturated rings. The molecule has 6 rings (SSSR count). The van der Waals surface area contributed by atoms with Crippen LogP contribution >= 0.6 is 11.6 Å². The van der Waals surface area contributed by atoms with Crippen LogP contribution in [-0.4, -0.2) is 49.7 Å². The van der Waals surface area contributed by atoms with E-state index in [1.54, 1.807) is 0 Å². The normalized spacial score (nSPS) is 25.3. The van der Waals surface area contributed by atoms with Crippen molar-refractivity contribution in [2.24, 2.45) is 0 Å². The first kappa shape index (κ1) is 15.0. The molecule has 1 aliphatic heterocycles. The van der Waals surface area contributed by atoms with Crippen LogP contribution < -0.4 is 10.2 Å². The third kappa shape index (κ3) is 2.20. The van der Waals surface area contributed by atoms with E-state index in [0.717, 1.165) is 35.6 Å². The zero-order chi connectivity index (χ0) is 17.3. The largest absolute Gasteiger partial charge is 0.349 e. The molecule has 0 spiro atoms. The summed E-state index contributed by atoms with van der Waals surface area (Å²) in [4.78, 5) is 7.33. The second kappa shape index (κ2) is 5.44. The molecule has 0 radical (unpaired) electrons. The molecule has 3 aromatic rings. The molecule has 134 valence electrons. The van der Waals surface area contributed by atoms with E-state index in [4.69, 9.17) is 16.6 Å². The van der Waals surface area contributed by atoms with Gasteiger partial charge in [0, 0.05) is 30.6 Å². The zero-order valence-corrected chi connectivity index (χ0v) is 15.1. The molecule has 3 aromatic heterocycles. The van der Waals surface area contributed by atoms with Gasteiger partial charge in [-0.1, -0.05) is 11.6 Å². The predicted octanol–water partition coefficient (Wildman–Crippen LogP) is 2.55. The molecule has 0 bridgehead atoms. The van der Waals surface area contributed by atoms with Gasteiger partial charge in [-0.3, -0.25) is 4.68 Å². The molecule has 26 heavy (non-hydrogen) atoms. The van der Waals surface area contributed by atoms with Crippen molar-refractivity contribution in [1.29, 1.82) is 0 Å². The van der Waals surface area contributed by atoms with Crippen molar-refractivity contribution in [2.75, 3.05) is 18.0 Å². The van der Waals surface area contributed by atoms with Crippen LogP contribution in [0.25, 0.3) is 16.7 Å². The summed E-state index contributed by atoms with van der Waals surface area (Å²) in [7, 11) is 0. The number of halogens is 1. The van der Waals surface area contributed by atoms with Gasteiger partial charge in [0.25, 0.3) is 0 Å².